The summed E-state index contributed by atoms with van der Waals surface area (Å²) in [4.78, 5) is 31.9. The molecule has 1 saturated carbocycles. The van der Waals surface area contributed by atoms with E-state index in [1.807, 2.05) is 0 Å². The first-order valence-corrected chi connectivity index (χ1v) is 12.8. The lowest BCUT2D eigenvalue weighted by Gasteiger charge is -2.31. The van der Waals surface area contributed by atoms with Gasteiger partial charge in [0.2, 0.25) is 0 Å². The third-order valence-corrected chi connectivity index (χ3v) is 7.25. The number of hydrogen-bond donors (Lipinski definition) is 3. The normalized spacial score (nSPS) is 17.8. The maximum absolute atomic E-state index is 15.2. The van der Waals surface area contributed by atoms with Gasteiger partial charge >= 0.3 is 12.4 Å². The lowest BCUT2D eigenvalue weighted by atomic mass is 9.85. The Kier molecular flexibility index (Phi) is 7.60. The summed E-state index contributed by atoms with van der Waals surface area (Å²) in [6.45, 7) is 0.0358. The van der Waals surface area contributed by atoms with Crippen molar-refractivity contribution in [1.29, 1.82) is 0 Å². The van der Waals surface area contributed by atoms with Gasteiger partial charge < -0.3 is 15.6 Å². The molecule has 2 atom stereocenters. The summed E-state index contributed by atoms with van der Waals surface area (Å²) in [5.74, 6) is -4.97. The van der Waals surface area contributed by atoms with Crippen LogP contribution in [0, 0.1) is 17.6 Å². The van der Waals surface area contributed by atoms with Crippen LogP contribution in [-0.2, 0) is 18.9 Å². The highest BCUT2D eigenvalue weighted by molar-refractivity contribution is 5.86. The van der Waals surface area contributed by atoms with E-state index in [2.05, 4.69) is 20.4 Å². The van der Waals surface area contributed by atoms with Crippen LogP contribution in [0.3, 0.4) is 0 Å². The minimum atomic E-state index is -4.92. The summed E-state index contributed by atoms with van der Waals surface area (Å²) >= 11 is 0. The Morgan fingerprint density at radius 3 is 2.47 bits per heavy atom. The molecule has 4 N–H and O–H groups in total. The first kappa shape index (κ1) is 29.9. The number of anilines is 2. The van der Waals surface area contributed by atoms with Crippen molar-refractivity contribution in [2.24, 2.45) is 5.92 Å². The highest BCUT2D eigenvalue weighted by Crippen LogP contribution is 2.36. The Hall–Kier alpha value is -4.57. The Bertz CT molecular complexity index is 1820. The van der Waals surface area contributed by atoms with E-state index in [0.717, 1.165) is 16.8 Å². The fraction of sp³-hybridized carbons (Fsp3) is 0.346. The molecule has 43 heavy (non-hydrogen) atoms. The SMILES string of the molecule is Nc1nc(-c2cc3ccn(CC4CCC[C@H](Nc5cn[nH]c(=O)c5C(F)(F)F)C4)c(=O)c3c(F)c2F)ncc1C(F)(F)F. The van der Waals surface area contributed by atoms with Crippen molar-refractivity contribution in [3.63, 3.8) is 0 Å². The van der Waals surface area contributed by atoms with Crippen LogP contribution in [0.4, 0.5) is 46.6 Å². The van der Waals surface area contributed by atoms with Gasteiger partial charge in [-0.05, 0) is 42.7 Å². The predicted molar refractivity (Wildman–Crippen MR) is 138 cm³/mol. The zero-order chi connectivity index (χ0) is 31.3. The Balaban J connectivity index is 1.40. The molecule has 0 bridgehead atoms. The largest absolute Gasteiger partial charge is 0.423 e. The zero-order valence-corrected chi connectivity index (χ0v) is 21.8. The van der Waals surface area contributed by atoms with Gasteiger partial charge in [0.15, 0.2) is 17.5 Å². The van der Waals surface area contributed by atoms with Gasteiger partial charge in [0, 0.05) is 25.0 Å². The molecule has 17 heteroatoms. The molecule has 1 fully saturated rings. The molecule has 3 aromatic heterocycles. The van der Waals surface area contributed by atoms with Crippen molar-refractivity contribution in [2.45, 2.75) is 50.6 Å². The van der Waals surface area contributed by atoms with E-state index in [9.17, 15) is 35.9 Å². The monoisotopic (exact) mass is 615 g/mol. The zero-order valence-electron chi connectivity index (χ0n) is 21.8. The van der Waals surface area contributed by atoms with Gasteiger partial charge in [-0.1, -0.05) is 6.42 Å². The van der Waals surface area contributed by atoms with E-state index >= 15 is 8.78 Å². The maximum atomic E-state index is 15.2. The van der Waals surface area contributed by atoms with Crippen molar-refractivity contribution in [2.75, 3.05) is 11.1 Å². The number of halogens is 8. The molecule has 1 unspecified atom stereocenters. The van der Waals surface area contributed by atoms with Crippen LogP contribution in [-0.4, -0.2) is 30.8 Å². The summed E-state index contributed by atoms with van der Waals surface area (Å²) in [5.41, 5.74) is -0.760. The van der Waals surface area contributed by atoms with Gasteiger partial charge in [0.1, 0.15) is 16.9 Å². The van der Waals surface area contributed by atoms with Gasteiger partial charge in [0.05, 0.1) is 22.8 Å². The molecule has 0 aliphatic heterocycles. The average molecular weight is 615 g/mol. The van der Waals surface area contributed by atoms with E-state index in [1.165, 1.54) is 12.3 Å². The minimum Gasteiger partial charge on any atom is -0.383 e. The highest BCUT2D eigenvalue weighted by atomic mass is 19.4. The van der Waals surface area contributed by atoms with Crippen molar-refractivity contribution in [1.82, 2.24) is 24.7 Å². The van der Waals surface area contributed by atoms with Crippen LogP contribution >= 0.6 is 0 Å². The number of nitrogens with zero attached hydrogens (tertiary/aromatic N) is 4. The van der Waals surface area contributed by atoms with E-state index in [-0.39, 0.29) is 17.8 Å². The minimum absolute atomic E-state index is 0.0358. The van der Waals surface area contributed by atoms with Gasteiger partial charge in [-0.15, -0.1) is 0 Å². The Labute approximate surface area is 235 Å². The van der Waals surface area contributed by atoms with Crippen LogP contribution in [0.15, 0.2) is 40.3 Å². The summed E-state index contributed by atoms with van der Waals surface area (Å²) in [5, 5.41) is 7.25. The van der Waals surface area contributed by atoms with Crippen LogP contribution in [0.25, 0.3) is 22.2 Å². The summed E-state index contributed by atoms with van der Waals surface area (Å²) in [7, 11) is 0. The number of H-pyrrole nitrogens is 1. The number of aromatic nitrogens is 5. The second-order valence-electron chi connectivity index (χ2n) is 10.1. The average Bonchev–Trinajstić information content (AvgIpc) is 2.91. The van der Waals surface area contributed by atoms with Gasteiger partial charge in [0.25, 0.3) is 11.1 Å². The van der Waals surface area contributed by atoms with Crippen molar-refractivity contribution < 1.29 is 35.1 Å². The molecule has 0 amide bonds. The number of pyridine rings is 1. The molecule has 9 nitrogen and oxygen atoms in total. The topological polar surface area (TPSA) is 132 Å². The molecule has 4 aromatic rings. The number of fused-ring (bicyclic) bond motifs is 1. The molecule has 1 aliphatic carbocycles. The quantitative estimate of drug-likeness (QED) is 0.266. The first-order chi connectivity index (χ1) is 20.1. The number of nitrogens with one attached hydrogen (secondary N) is 2. The highest BCUT2D eigenvalue weighted by Gasteiger charge is 2.38. The number of aromatic amines is 1. The number of rotatable bonds is 5. The van der Waals surface area contributed by atoms with Crippen LogP contribution < -0.4 is 22.2 Å². The van der Waals surface area contributed by atoms with Crippen LogP contribution in [0.1, 0.15) is 36.8 Å². The van der Waals surface area contributed by atoms with E-state index in [4.69, 9.17) is 5.73 Å². The molecule has 1 aromatic carbocycles. The third-order valence-electron chi connectivity index (χ3n) is 7.25. The molecule has 228 valence electrons. The van der Waals surface area contributed by atoms with E-state index < -0.39 is 80.6 Å². The molecule has 0 spiro atoms. The molecule has 1 aliphatic rings. The number of hydrogen-bond acceptors (Lipinski definition) is 7. The van der Waals surface area contributed by atoms with Crippen LogP contribution in [0.5, 0.6) is 0 Å². The standard InChI is InChI=1S/C26H21F8N7O2/c27-19-14(22-36-8-15(21(35)39-22)25(29,30)31)7-12-4-5-41(24(43)17(12)20(19)28)10-11-2-1-3-13(6-11)38-16-9-37-40-23(42)18(16)26(32,33)34/h4-5,7-9,11,13H,1-3,6,10H2,(H2,35,36,39)(H2,38,40,42)/t11?,13-/m0/s1. The summed E-state index contributed by atoms with van der Waals surface area (Å²) in [6, 6.07) is 1.84. The predicted octanol–water partition coefficient (Wildman–Crippen LogP) is 5.11. The number of alkyl halides is 6. The van der Waals surface area contributed by atoms with Gasteiger partial charge in [-0.25, -0.2) is 23.8 Å². The van der Waals surface area contributed by atoms with Crippen molar-refractivity contribution >= 4 is 22.3 Å². The van der Waals surface area contributed by atoms with Crippen molar-refractivity contribution in [3.8, 4) is 11.4 Å². The molecule has 0 radical (unpaired) electrons. The van der Waals surface area contributed by atoms with E-state index in [0.29, 0.717) is 31.9 Å². The van der Waals surface area contributed by atoms with Gasteiger partial charge in [-0.2, -0.15) is 31.4 Å². The maximum Gasteiger partial charge on any atom is 0.423 e. The summed E-state index contributed by atoms with van der Waals surface area (Å²) < 4.78 is 111. The fourth-order valence-corrected chi connectivity index (χ4v) is 5.30. The molecule has 3 heterocycles. The first-order valence-electron chi connectivity index (χ1n) is 12.8. The smallest absolute Gasteiger partial charge is 0.383 e. The second-order valence-corrected chi connectivity index (χ2v) is 10.1. The number of nitrogen functional groups attached to an aromatic ring is 1. The van der Waals surface area contributed by atoms with E-state index in [1.54, 1.807) is 5.10 Å². The summed E-state index contributed by atoms with van der Waals surface area (Å²) in [6.07, 6.45) is -5.29. The number of nitrogens with two attached hydrogens (primary N) is 1. The lowest BCUT2D eigenvalue weighted by Crippen LogP contribution is -2.33. The Morgan fingerprint density at radius 1 is 1.05 bits per heavy atom. The van der Waals surface area contributed by atoms with Gasteiger partial charge in [-0.3, -0.25) is 9.59 Å². The molecular weight excluding hydrogens is 594 g/mol. The molecular formula is C26H21F8N7O2. The second kappa shape index (κ2) is 10.9. The van der Waals surface area contributed by atoms with Crippen LogP contribution in [0.2, 0.25) is 0 Å². The number of benzene rings is 1. The molecule has 0 saturated heterocycles. The van der Waals surface area contributed by atoms with Crippen molar-refractivity contribution in [3.05, 3.63) is 74.2 Å². The molecule has 5 rings (SSSR count). The Morgan fingerprint density at radius 2 is 1.79 bits per heavy atom. The lowest BCUT2D eigenvalue weighted by molar-refractivity contribution is -0.138. The fourth-order valence-electron chi connectivity index (χ4n) is 5.30. The third kappa shape index (κ3) is 5.87.